The number of carboxylic acids is 1. The van der Waals surface area contributed by atoms with Crippen molar-refractivity contribution in [3.8, 4) is 0 Å². The quantitative estimate of drug-likeness (QED) is 0.843. The van der Waals surface area contributed by atoms with Crippen LogP contribution in [0.2, 0.25) is 0 Å². The zero-order chi connectivity index (χ0) is 14.4. The summed E-state index contributed by atoms with van der Waals surface area (Å²) in [7, 11) is 0. The van der Waals surface area contributed by atoms with Crippen LogP contribution >= 0.6 is 11.3 Å². The summed E-state index contributed by atoms with van der Waals surface area (Å²) in [6.45, 7) is 5.93. The molecule has 6 heteroatoms. The highest BCUT2D eigenvalue weighted by molar-refractivity contribution is 7.10. The smallest absolute Gasteiger partial charge is 0.323 e. The minimum atomic E-state index is -0.997. The molecule has 2 N–H and O–H groups in total. The van der Waals surface area contributed by atoms with Crippen molar-refractivity contribution in [1.29, 1.82) is 0 Å². The molecule has 0 bridgehead atoms. The predicted molar refractivity (Wildman–Crippen MR) is 75.4 cm³/mol. The second-order valence-electron chi connectivity index (χ2n) is 4.46. The molecule has 0 spiro atoms. The second kappa shape index (κ2) is 7.13. The summed E-state index contributed by atoms with van der Waals surface area (Å²) in [5.41, 5.74) is 1.14. The molecule has 0 aliphatic rings. The van der Waals surface area contributed by atoms with E-state index in [1.807, 2.05) is 32.2 Å². The van der Waals surface area contributed by atoms with Crippen LogP contribution in [0.15, 0.2) is 11.4 Å². The summed E-state index contributed by atoms with van der Waals surface area (Å²) in [4.78, 5) is 25.3. The number of carboxylic acid groups (broad SMARTS) is 1. The lowest BCUT2D eigenvalue weighted by Crippen LogP contribution is -2.47. The van der Waals surface area contributed by atoms with E-state index >= 15 is 0 Å². The first kappa shape index (κ1) is 15.5. The molecule has 19 heavy (non-hydrogen) atoms. The van der Waals surface area contributed by atoms with Crippen LogP contribution < -0.4 is 5.32 Å². The van der Waals surface area contributed by atoms with Gasteiger partial charge in [0.2, 0.25) is 0 Å². The lowest BCUT2D eigenvalue weighted by atomic mass is 10.2. The van der Waals surface area contributed by atoms with Crippen LogP contribution in [0.25, 0.3) is 0 Å². The predicted octanol–water partition coefficient (Wildman–Crippen LogP) is 2.45. The maximum absolute atomic E-state index is 12.0. The van der Waals surface area contributed by atoms with E-state index < -0.39 is 5.97 Å². The highest BCUT2D eigenvalue weighted by Gasteiger charge is 2.21. The summed E-state index contributed by atoms with van der Waals surface area (Å²) in [5.74, 6) is -0.997. The molecule has 0 aliphatic heterocycles. The monoisotopic (exact) mass is 284 g/mol. The topological polar surface area (TPSA) is 69.6 Å². The molecule has 0 aliphatic carbocycles. The standard InChI is InChI=1S/C13H20N2O3S/c1-4-10(3)15(8-12(16)17)13(18)14-7-11-9(2)5-6-19-11/h5-6,10H,4,7-8H2,1-3H3,(H,14,18)(H,16,17). The van der Waals surface area contributed by atoms with Crippen LogP contribution in [0.1, 0.15) is 30.7 Å². The average Bonchev–Trinajstić information content (AvgIpc) is 2.77. The highest BCUT2D eigenvalue weighted by atomic mass is 32.1. The van der Waals surface area contributed by atoms with Crippen LogP contribution in [0.5, 0.6) is 0 Å². The Kier molecular flexibility index (Phi) is 5.82. The van der Waals surface area contributed by atoms with Gasteiger partial charge in [0.25, 0.3) is 0 Å². The number of aliphatic carboxylic acids is 1. The van der Waals surface area contributed by atoms with Crippen molar-refractivity contribution >= 4 is 23.3 Å². The number of thiophene rings is 1. The van der Waals surface area contributed by atoms with Crippen LogP contribution in [-0.4, -0.2) is 34.6 Å². The highest BCUT2D eigenvalue weighted by Crippen LogP contribution is 2.15. The molecular formula is C13H20N2O3S. The van der Waals surface area contributed by atoms with E-state index in [0.29, 0.717) is 6.54 Å². The molecule has 1 heterocycles. The first-order chi connectivity index (χ1) is 8.95. The zero-order valence-electron chi connectivity index (χ0n) is 11.5. The van der Waals surface area contributed by atoms with Gasteiger partial charge >= 0.3 is 12.0 Å². The van der Waals surface area contributed by atoms with Crippen molar-refractivity contribution < 1.29 is 14.7 Å². The van der Waals surface area contributed by atoms with Gasteiger partial charge < -0.3 is 15.3 Å². The molecule has 106 valence electrons. The molecule has 1 aromatic heterocycles. The Bertz CT molecular complexity index is 445. The molecule has 0 radical (unpaired) electrons. The second-order valence-corrected chi connectivity index (χ2v) is 5.47. The number of carbonyl (C=O) groups is 2. The fraction of sp³-hybridized carbons (Fsp3) is 0.538. The third kappa shape index (κ3) is 4.55. The summed E-state index contributed by atoms with van der Waals surface area (Å²) >= 11 is 1.58. The summed E-state index contributed by atoms with van der Waals surface area (Å²) in [6.07, 6.45) is 0.721. The Balaban J connectivity index is 2.61. The van der Waals surface area contributed by atoms with Crippen LogP contribution in [0.4, 0.5) is 4.79 Å². The number of nitrogens with one attached hydrogen (secondary N) is 1. The van der Waals surface area contributed by atoms with Gasteiger partial charge in [-0.05, 0) is 37.3 Å². The molecule has 0 aromatic carbocycles. The molecule has 0 fully saturated rings. The lowest BCUT2D eigenvalue weighted by molar-refractivity contribution is -0.138. The van der Waals surface area contributed by atoms with E-state index in [2.05, 4.69) is 5.32 Å². The Morgan fingerprint density at radius 2 is 2.21 bits per heavy atom. The van der Waals surface area contributed by atoms with Gasteiger partial charge in [0, 0.05) is 10.9 Å². The minimum Gasteiger partial charge on any atom is -0.480 e. The van der Waals surface area contributed by atoms with E-state index in [1.165, 1.54) is 4.90 Å². The Hall–Kier alpha value is -1.56. The largest absolute Gasteiger partial charge is 0.480 e. The molecule has 0 saturated carbocycles. The molecule has 5 nitrogen and oxygen atoms in total. The summed E-state index contributed by atoms with van der Waals surface area (Å²) in [6, 6.07) is 1.57. The molecule has 1 unspecified atom stereocenters. The fourth-order valence-electron chi connectivity index (χ4n) is 1.64. The van der Waals surface area contributed by atoms with Gasteiger partial charge in [-0.25, -0.2) is 4.79 Å². The van der Waals surface area contributed by atoms with Gasteiger partial charge in [-0.1, -0.05) is 6.92 Å². The number of carbonyl (C=O) groups excluding carboxylic acids is 1. The van der Waals surface area contributed by atoms with Gasteiger partial charge in [-0.15, -0.1) is 11.3 Å². The number of hydrogen-bond donors (Lipinski definition) is 2. The van der Waals surface area contributed by atoms with E-state index in [9.17, 15) is 9.59 Å². The number of urea groups is 1. The van der Waals surface area contributed by atoms with E-state index in [1.54, 1.807) is 11.3 Å². The molecular weight excluding hydrogens is 264 g/mol. The summed E-state index contributed by atoms with van der Waals surface area (Å²) < 4.78 is 0. The number of aryl methyl sites for hydroxylation is 1. The van der Waals surface area contributed by atoms with E-state index in [0.717, 1.165) is 16.9 Å². The van der Waals surface area contributed by atoms with Crippen LogP contribution in [-0.2, 0) is 11.3 Å². The van der Waals surface area contributed by atoms with Gasteiger partial charge in [0.05, 0.1) is 6.54 Å². The third-order valence-corrected chi connectivity index (χ3v) is 4.08. The summed E-state index contributed by atoms with van der Waals surface area (Å²) in [5, 5.41) is 13.6. The minimum absolute atomic E-state index is 0.0967. The molecule has 1 aromatic rings. The zero-order valence-corrected chi connectivity index (χ0v) is 12.3. The average molecular weight is 284 g/mol. The van der Waals surface area contributed by atoms with Crippen LogP contribution in [0.3, 0.4) is 0 Å². The van der Waals surface area contributed by atoms with E-state index in [-0.39, 0.29) is 18.6 Å². The number of rotatable bonds is 6. The van der Waals surface area contributed by atoms with Crippen molar-refractivity contribution in [1.82, 2.24) is 10.2 Å². The maximum atomic E-state index is 12.0. The Morgan fingerprint density at radius 1 is 1.53 bits per heavy atom. The first-order valence-corrected chi connectivity index (χ1v) is 7.12. The van der Waals surface area contributed by atoms with E-state index in [4.69, 9.17) is 5.11 Å². The SMILES string of the molecule is CCC(C)N(CC(=O)O)C(=O)NCc1sccc1C. The van der Waals surface area contributed by atoms with Crippen molar-refractivity contribution in [2.24, 2.45) is 0 Å². The van der Waals surface area contributed by atoms with Crippen LogP contribution in [0, 0.1) is 6.92 Å². The van der Waals surface area contributed by atoms with Crippen molar-refractivity contribution in [2.75, 3.05) is 6.54 Å². The molecule has 0 saturated heterocycles. The van der Waals surface area contributed by atoms with Gasteiger partial charge in [0.15, 0.2) is 0 Å². The number of nitrogens with zero attached hydrogens (tertiary/aromatic N) is 1. The first-order valence-electron chi connectivity index (χ1n) is 6.25. The van der Waals surface area contributed by atoms with Crippen molar-refractivity contribution in [3.63, 3.8) is 0 Å². The lowest BCUT2D eigenvalue weighted by Gasteiger charge is -2.27. The van der Waals surface area contributed by atoms with Gasteiger partial charge in [-0.3, -0.25) is 4.79 Å². The fourth-order valence-corrected chi connectivity index (χ4v) is 2.48. The number of amides is 2. The van der Waals surface area contributed by atoms with Crippen molar-refractivity contribution in [2.45, 2.75) is 39.8 Å². The van der Waals surface area contributed by atoms with Gasteiger partial charge in [-0.2, -0.15) is 0 Å². The van der Waals surface area contributed by atoms with Crippen molar-refractivity contribution in [3.05, 3.63) is 21.9 Å². The maximum Gasteiger partial charge on any atom is 0.323 e. The number of hydrogen-bond acceptors (Lipinski definition) is 3. The van der Waals surface area contributed by atoms with Gasteiger partial charge in [0.1, 0.15) is 6.54 Å². The molecule has 1 atom stereocenters. The normalized spacial score (nSPS) is 11.9. The molecule has 2 amide bonds. The third-order valence-electron chi connectivity index (χ3n) is 3.06. The Labute approximate surface area is 117 Å². The molecule has 1 rings (SSSR count). The Morgan fingerprint density at radius 3 is 2.68 bits per heavy atom.